The van der Waals surface area contributed by atoms with Crippen molar-refractivity contribution in [1.29, 1.82) is 0 Å². The first-order valence-corrected chi connectivity index (χ1v) is 20.8. The van der Waals surface area contributed by atoms with E-state index in [9.17, 15) is 19.5 Å². The number of aliphatic carboxylic acids is 1. The highest BCUT2D eigenvalue weighted by atomic mass is 16.6. The van der Waals surface area contributed by atoms with Crippen LogP contribution in [0.15, 0.2) is 60.8 Å². The number of likely N-dealkylation sites (N-methyl/N-ethyl adjacent to an activating group) is 1. The van der Waals surface area contributed by atoms with Crippen LogP contribution in [0.2, 0.25) is 0 Å². The van der Waals surface area contributed by atoms with Gasteiger partial charge in [0.05, 0.1) is 34.4 Å². The van der Waals surface area contributed by atoms with E-state index in [1.165, 1.54) is 51.4 Å². The van der Waals surface area contributed by atoms with Gasteiger partial charge in [0.1, 0.15) is 6.61 Å². The number of carbonyl (C=O) groups excluding carboxylic acids is 2. The lowest BCUT2D eigenvalue weighted by Gasteiger charge is -2.31. The summed E-state index contributed by atoms with van der Waals surface area (Å²) in [7, 11) is 5.49. The Kier molecular flexibility index (Phi) is 34.0. The Balaban J connectivity index is 4.20. The summed E-state index contributed by atoms with van der Waals surface area (Å²) in [5, 5.41) is 9.57. The molecule has 0 spiro atoms. The summed E-state index contributed by atoms with van der Waals surface area (Å²) in [4.78, 5) is 36.7. The minimum atomic E-state index is -0.884. The second kappa shape index (κ2) is 36.0. The number of rotatable bonds is 36. The first-order valence-electron chi connectivity index (χ1n) is 20.8. The zero-order valence-corrected chi connectivity index (χ0v) is 34.4. The number of carbonyl (C=O) groups is 3. The van der Waals surface area contributed by atoms with Crippen molar-refractivity contribution in [1.82, 2.24) is 0 Å². The average Bonchev–Trinajstić information content (AvgIpc) is 3.11. The Bertz CT molecular complexity index is 1050. The molecular weight excluding hydrogens is 666 g/mol. The summed E-state index contributed by atoms with van der Waals surface area (Å²) in [5.41, 5.74) is 0. The van der Waals surface area contributed by atoms with Crippen LogP contribution in [0.25, 0.3) is 0 Å². The molecule has 0 fully saturated rings. The summed E-state index contributed by atoms with van der Waals surface area (Å²) in [6.45, 7) is 4.49. The quantitative estimate of drug-likeness (QED) is 0.0295. The molecule has 0 amide bonds. The summed E-state index contributed by atoms with van der Waals surface area (Å²) < 4.78 is 17.1. The smallest absolute Gasteiger partial charge is 0.362 e. The number of ether oxygens (including phenoxy) is 3. The van der Waals surface area contributed by atoms with Crippen LogP contribution in [0.1, 0.15) is 155 Å². The molecule has 0 aromatic heterocycles. The number of unbranched alkanes of at least 4 members (excludes halogenated alkanes) is 12. The Morgan fingerprint density at radius 2 is 1.09 bits per heavy atom. The molecule has 8 heteroatoms. The predicted octanol–water partition coefficient (Wildman–Crippen LogP) is 11.0. The second-order valence-corrected chi connectivity index (χ2v) is 14.9. The third-order valence-electron chi connectivity index (χ3n) is 8.91. The molecule has 0 saturated heterocycles. The van der Waals surface area contributed by atoms with Crippen molar-refractivity contribution in [2.24, 2.45) is 0 Å². The summed E-state index contributed by atoms with van der Waals surface area (Å²) >= 11 is 0. The third kappa shape index (κ3) is 34.5. The molecule has 0 rings (SSSR count). The van der Waals surface area contributed by atoms with Gasteiger partial charge in [-0.05, 0) is 64.2 Å². The number of allylic oxidation sites excluding steroid dienone is 10. The van der Waals surface area contributed by atoms with Gasteiger partial charge >= 0.3 is 17.9 Å². The number of quaternary nitrogens is 1. The van der Waals surface area contributed by atoms with E-state index in [4.69, 9.17) is 14.2 Å². The van der Waals surface area contributed by atoms with Crippen molar-refractivity contribution >= 4 is 17.9 Å². The van der Waals surface area contributed by atoms with Crippen LogP contribution in [-0.2, 0) is 28.6 Å². The lowest BCUT2D eigenvalue weighted by atomic mass is 10.1. The van der Waals surface area contributed by atoms with Crippen LogP contribution in [-0.4, -0.2) is 80.6 Å². The topological polar surface area (TPSA) is 99.1 Å². The van der Waals surface area contributed by atoms with Gasteiger partial charge in [-0.3, -0.25) is 9.59 Å². The zero-order valence-electron chi connectivity index (χ0n) is 34.4. The predicted molar refractivity (Wildman–Crippen MR) is 220 cm³/mol. The molecule has 0 aromatic carbocycles. The van der Waals surface area contributed by atoms with Crippen LogP contribution in [0.3, 0.4) is 0 Å². The van der Waals surface area contributed by atoms with E-state index in [0.717, 1.165) is 64.2 Å². The molecule has 0 aromatic rings. The van der Waals surface area contributed by atoms with Crippen molar-refractivity contribution in [3.05, 3.63) is 60.8 Å². The molecule has 0 heterocycles. The van der Waals surface area contributed by atoms with Gasteiger partial charge in [0.2, 0.25) is 0 Å². The van der Waals surface area contributed by atoms with E-state index in [0.29, 0.717) is 19.3 Å². The van der Waals surface area contributed by atoms with E-state index in [-0.39, 0.29) is 42.7 Å². The van der Waals surface area contributed by atoms with E-state index in [2.05, 4.69) is 68.5 Å². The lowest BCUT2D eigenvalue weighted by molar-refractivity contribution is -0.887. The Hall–Kier alpha value is -2.97. The van der Waals surface area contributed by atoms with Crippen LogP contribution < -0.4 is 0 Å². The van der Waals surface area contributed by atoms with Gasteiger partial charge in [-0.15, -0.1) is 0 Å². The van der Waals surface area contributed by atoms with Gasteiger partial charge in [0.15, 0.2) is 12.1 Å². The molecule has 8 nitrogen and oxygen atoms in total. The molecular formula is C45H78NO7+. The van der Waals surface area contributed by atoms with Crippen molar-refractivity contribution in [2.75, 3.05) is 41.0 Å². The molecule has 0 aliphatic heterocycles. The fourth-order valence-corrected chi connectivity index (χ4v) is 5.69. The molecule has 53 heavy (non-hydrogen) atoms. The minimum absolute atomic E-state index is 0.0415. The minimum Gasteiger partial charge on any atom is -0.477 e. The van der Waals surface area contributed by atoms with Gasteiger partial charge in [-0.25, -0.2) is 4.79 Å². The molecule has 0 saturated carbocycles. The molecule has 0 aliphatic carbocycles. The number of nitrogens with zero attached hydrogens (tertiary/aromatic N) is 1. The molecule has 304 valence electrons. The fourth-order valence-electron chi connectivity index (χ4n) is 5.69. The van der Waals surface area contributed by atoms with Gasteiger partial charge in [-0.1, -0.05) is 132 Å². The Morgan fingerprint density at radius 1 is 0.585 bits per heavy atom. The SMILES string of the molecule is CC/C=C/C/C=C/C/C=C/C/C=C/CCCCCCCCCCCC(=O)OCC(COCCC(C(=O)O)[N+](C)(C)C)OC(=O)CC/C=C/CCCCC. The van der Waals surface area contributed by atoms with E-state index >= 15 is 0 Å². The fraction of sp³-hybridized carbons (Fsp3) is 0.711. The maximum Gasteiger partial charge on any atom is 0.362 e. The highest BCUT2D eigenvalue weighted by molar-refractivity contribution is 5.72. The number of hydrogen-bond donors (Lipinski definition) is 1. The number of hydrogen-bond acceptors (Lipinski definition) is 6. The maximum atomic E-state index is 12.5. The lowest BCUT2D eigenvalue weighted by Crippen LogP contribution is -2.50. The van der Waals surface area contributed by atoms with E-state index in [1.54, 1.807) is 0 Å². The van der Waals surface area contributed by atoms with Crippen LogP contribution in [0, 0.1) is 0 Å². The van der Waals surface area contributed by atoms with Gasteiger partial charge in [0, 0.05) is 19.3 Å². The van der Waals surface area contributed by atoms with Crippen molar-refractivity contribution in [2.45, 2.75) is 167 Å². The van der Waals surface area contributed by atoms with Gasteiger partial charge in [0.25, 0.3) is 0 Å². The number of esters is 2. The van der Waals surface area contributed by atoms with Gasteiger partial charge < -0.3 is 23.8 Å². The van der Waals surface area contributed by atoms with E-state index in [1.807, 2.05) is 27.2 Å². The standard InChI is InChI=1S/C45H77NO7/c1-6-8-10-12-14-15-16-17-18-19-20-21-22-23-24-25-26-27-28-30-31-33-35-43(47)52-40-41(39-51-38-37-42(45(49)50)46(3,4)5)53-44(48)36-34-32-29-13-11-9-7-2/h8,10,14-15,17-18,20-21,29,32,41-42H,6-7,9,11-13,16,19,22-28,30-31,33-40H2,1-5H3/p+1/b10-8+,15-14+,18-17+,21-20+,32-29+. The molecule has 0 radical (unpaired) electrons. The largest absolute Gasteiger partial charge is 0.477 e. The first-order chi connectivity index (χ1) is 25.6. The van der Waals surface area contributed by atoms with Crippen LogP contribution >= 0.6 is 0 Å². The van der Waals surface area contributed by atoms with Crippen LogP contribution in [0.4, 0.5) is 0 Å². The van der Waals surface area contributed by atoms with Crippen molar-refractivity contribution in [3.63, 3.8) is 0 Å². The van der Waals surface area contributed by atoms with E-state index < -0.39 is 18.1 Å². The van der Waals surface area contributed by atoms with Crippen LogP contribution in [0.5, 0.6) is 0 Å². The number of carboxylic acids is 1. The van der Waals surface area contributed by atoms with Gasteiger partial charge in [-0.2, -0.15) is 0 Å². The number of carboxylic acid groups (broad SMARTS) is 1. The first kappa shape index (κ1) is 50.0. The molecule has 0 bridgehead atoms. The Morgan fingerprint density at radius 3 is 1.66 bits per heavy atom. The zero-order chi connectivity index (χ0) is 39.3. The highest BCUT2D eigenvalue weighted by Gasteiger charge is 2.31. The molecule has 2 atom stereocenters. The molecule has 2 unspecified atom stereocenters. The normalized spacial score (nSPS) is 13.6. The third-order valence-corrected chi connectivity index (χ3v) is 8.91. The summed E-state index contributed by atoms with van der Waals surface area (Å²) in [6, 6.07) is -0.620. The summed E-state index contributed by atoms with van der Waals surface area (Å²) in [6.07, 6.45) is 43.0. The molecule has 0 aliphatic rings. The monoisotopic (exact) mass is 745 g/mol. The summed E-state index contributed by atoms with van der Waals surface area (Å²) in [5.74, 6) is -1.55. The molecule has 1 N–H and O–H groups in total. The van der Waals surface area contributed by atoms with Crippen molar-refractivity contribution < 1.29 is 38.2 Å². The average molecular weight is 745 g/mol. The maximum absolute atomic E-state index is 12.5. The Labute approximate surface area is 324 Å². The second-order valence-electron chi connectivity index (χ2n) is 14.9. The van der Waals surface area contributed by atoms with Crippen molar-refractivity contribution in [3.8, 4) is 0 Å². The highest BCUT2D eigenvalue weighted by Crippen LogP contribution is 2.13.